The first kappa shape index (κ1) is 11.8. The van der Waals surface area contributed by atoms with Gasteiger partial charge in [0.05, 0.1) is 11.1 Å². The van der Waals surface area contributed by atoms with Crippen molar-refractivity contribution in [3.63, 3.8) is 0 Å². The van der Waals surface area contributed by atoms with Crippen LogP contribution in [0.1, 0.15) is 11.1 Å². The molecule has 1 aromatic carbocycles. The van der Waals surface area contributed by atoms with Crippen LogP contribution in [0.4, 0.5) is 30.7 Å². The average molecular weight is 232 g/mol. The minimum atomic E-state index is -5.13. The van der Waals surface area contributed by atoms with Gasteiger partial charge >= 0.3 is 12.4 Å². The first-order valence-electron chi connectivity index (χ1n) is 3.57. The fourth-order valence-corrected chi connectivity index (χ4v) is 0.970. The van der Waals surface area contributed by atoms with Gasteiger partial charge in [-0.3, -0.25) is 0 Å². The maximum absolute atomic E-state index is 12.8. The summed E-state index contributed by atoms with van der Waals surface area (Å²) in [4.78, 5) is 0. The Bertz CT molecular complexity index is 328. The zero-order valence-electron chi connectivity index (χ0n) is 6.88. The Balaban J connectivity index is 3.37. The molecule has 0 aliphatic carbocycles. The van der Waals surface area contributed by atoms with Crippen molar-refractivity contribution in [2.75, 3.05) is 0 Å². The zero-order valence-corrected chi connectivity index (χ0v) is 6.88. The van der Waals surface area contributed by atoms with Crippen LogP contribution >= 0.6 is 0 Å². The molecule has 0 amide bonds. The quantitative estimate of drug-likeness (QED) is 0.595. The number of alkyl halides is 6. The highest BCUT2D eigenvalue weighted by Crippen LogP contribution is 2.37. The molecule has 0 atom stereocenters. The van der Waals surface area contributed by atoms with Gasteiger partial charge in [-0.25, -0.2) is 4.39 Å². The van der Waals surface area contributed by atoms with Gasteiger partial charge in [0.1, 0.15) is 5.82 Å². The highest BCUT2D eigenvalue weighted by molar-refractivity contribution is 5.29. The fourth-order valence-electron chi connectivity index (χ4n) is 0.970. The van der Waals surface area contributed by atoms with Gasteiger partial charge in [0.25, 0.3) is 0 Å². The van der Waals surface area contributed by atoms with Gasteiger partial charge < -0.3 is 0 Å². The largest absolute Gasteiger partial charge is 0.419 e. The second kappa shape index (κ2) is 3.39. The molecule has 0 bridgehead atoms. The van der Waals surface area contributed by atoms with Crippen LogP contribution in [-0.4, -0.2) is 0 Å². The van der Waals surface area contributed by atoms with Crippen LogP contribution in [0, 0.1) is 5.82 Å². The lowest BCUT2D eigenvalue weighted by atomic mass is 10.1. The lowest BCUT2D eigenvalue weighted by molar-refractivity contribution is -0.147. The van der Waals surface area contributed by atoms with Crippen molar-refractivity contribution in [1.82, 2.24) is 0 Å². The average Bonchev–Trinajstić information content (AvgIpc) is 1.99. The maximum atomic E-state index is 12.8. The summed E-state index contributed by atoms with van der Waals surface area (Å²) < 4.78 is 84.9. The van der Waals surface area contributed by atoms with E-state index in [2.05, 4.69) is 0 Å². The Hall–Kier alpha value is -1.27. The molecule has 0 aromatic heterocycles. The number of hydrogen-bond acceptors (Lipinski definition) is 0. The summed E-state index contributed by atoms with van der Waals surface area (Å²) in [5.41, 5.74) is -3.84. The molecule has 0 N–H and O–H groups in total. The van der Waals surface area contributed by atoms with Gasteiger partial charge in [0.15, 0.2) is 0 Å². The SMILES string of the molecule is Fc1c(C(F)(F)F)cccc1C(F)(F)F. The molecule has 84 valence electrons. The lowest BCUT2D eigenvalue weighted by Crippen LogP contribution is -2.14. The van der Waals surface area contributed by atoms with Crippen molar-refractivity contribution in [3.05, 3.63) is 35.1 Å². The highest BCUT2D eigenvalue weighted by Gasteiger charge is 2.41. The molecule has 0 heterocycles. The molecule has 0 unspecified atom stereocenters. The molecule has 15 heavy (non-hydrogen) atoms. The minimum absolute atomic E-state index is 0.255. The van der Waals surface area contributed by atoms with E-state index >= 15 is 0 Å². The Kier molecular flexibility index (Phi) is 2.67. The standard InChI is InChI=1S/C8H3F7/c9-6-4(7(10,11)12)2-1-3-5(6)8(13,14)15/h1-3H. The van der Waals surface area contributed by atoms with Crippen molar-refractivity contribution in [3.8, 4) is 0 Å². The van der Waals surface area contributed by atoms with Gasteiger partial charge in [-0.15, -0.1) is 0 Å². The van der Waals surface area contributed by atoms with Crippen molar-refractivity contribution >= 4 is 0 Å². The molecule has 0 aliphatic rings. The second-order valence-corrected chi connectivity index (χ2v) is 2.66. The number of benzene rings is 1. The van der Waals surface area contributed by atoms with Crippen LogP contribution < -0.4 is 0 Å². The molecule has 0 aliphatic heterocycles. The first-order chi connectivity index (χ1) is 6.64. The highest BCUT2D eigenvalue weighted by atomic mass is 19.4. The van der Waals surface area contributed by atoms with Crippen LogP contribution in [-0.2, 0) is 12.4 Å². The van der Waals surface area contributed by atoms with Gasteiger partial charge in [0.2, 0.25) is 0 Å². The molecule has 7 heteroatoms. The van der Waals surface area contributed by atoms with E-state index in [9.17, 15) is 30.7 Å². The summed E-state index contributed by atoms with van der Waals surface area (Å²) in [7, 11) is 0. The van der Waals surface area contributed by atoms with E-state index in [1.54, 1.807) is 0 Å². The fraction of sp³-hybridized carbons (Fsp3) is 0.250. The van der Waals surface area contributed by atoms with Crippen molar-refractivity contribution in [2.45, 2.75) is 12.4 Å². The van der Waals surface area contributed by atoms with E-state index in [0.717, 1.165) is 0 Å². The van der Waals surface area contributed by atoms with E-state index in [1.165, 1.54) is 0 Å². The van der Waals surface area contributed by atoms with Gasteiger partial charge in [-0.2, -0.15) is 26.3 Å². The molecular formula is C8H3F7. The summed E-state index contributed by atoms with van der Waals surface area (Å²) in [6.07, 6.45) is -10.3. The third-order valence-corrected chi connectivity index (χ3v) is 1.61. The van der Waals surface area contributed by atoms with Crippen LogP contribution in [0.2, 0.25) is 0 Å². The van der Waals surface area contributed by atoms with Gasteiger partial charge in [-0.05, 0) is 12.1 Å². The van der Waals surface area contributed by atoms with E-state index in [4.69, 9.17) is 0 Å². The topological polar surface area (TPSA) is 0 Å². The van der Waals surface area contributed by atoms with Crippen LogP contribution in [0.3, 0.4) is 0 Å². The van der Waals surface area contributed by atoms with Crippen LogP contribution in [0.25, 0.3) is 0 Å². The van der Waals surface area contributed by atoms with Gasteiger partial charge in [0, 0.05) is 0 Å². The Morgan fingerprint density at radius 1 is 0.733 bits per heavy atom. The van der Waals surface area contributed by atoms with Crippen LogP contribution in [0.5, 0.6) is 0 Å². The second-order valence-electron chi connectivity index (χ2n) is 2.66. The monoisotopic (exact) mass is 232 g/mol. The summed E-state index contributed by atoms with van der Waals surface area (Å²) in [6.45, 7) is 0. The van der Waals surface area contributed by atoms with Crippen LogP contribution in [0.15, 0.2) is 18.2 Å². The van der Waals surface area contributed by atoms with Gasteiger partial charge in [-0.1, -0.05) is 6.07 Å². The Morgan fingerprint density at radius 3 is 1.33 bits per heavy atom. The lowest BCUT2D eigenvalue weighted by Gasteiger charge is -2.12. The molecule has 0 fully saturated rings. The predicted molar refractivity (Wildman–Crippen MR) is 36.4 cm³/mol. The summed E-state index contributed by atoms with van der Waals surface area (Å²) >= 11 is 0. The maximum Gasteiger partial charge on any atom is 0.419 e. The van der Waals surface area contributed by atoms with E-state index in [-0.39, 0.29) is 12.1 Å². The molecule has 0 radical (unpaired) electrons. The third kappa shape index (κ3) is 2.40. The Morgan fingerprint density at radius 2 is 1.07 bits per heavy atom. The number of halogens is 7. The summed E-state index contributed by atoms with van der Waals surface area (Å²) in [6, 6.07) is 1.02. The molecule has 0 saturated heterocycles. The molecular weight excluding hydrogens is 229 g/mol. The third-order valence-electron chi connectivity index (χ3n) is 1.61. The van der Waals surface area contributed by atoms with Crippen molar-refractivity contribution in [2.24, 2.45) is 0 Å². The molecule has 1 rings (SSSR count). The normalized spacial score (nSPS) is 13.0. The zero-order chi connectivity index (χ0) is 11.9. The molecule has 0 nitrogen and oxygen atoms in total. The number of rotatable bonds is 0. The minimum Gasteiger partial charge on any atom is -0.206 e. The Labute approximate surface area is 79.3 Å². The smallest absolute Gasteiger partial charge is 0.206 e. The summed E-state index contributed by atoms with van der Waals surface area (Å²) in [5, 5.41) is 0. The van der Waals surface area contributed by atoms with Crippen molar-refractivity contribution in [1.29, 1.82) is 0 Å². The molecule has 0 saturated carbocycles. The van der Waals surface area contributed by atoms with E-state index in [0.29, 0.717) is 6.07 Å². The van der Waals surface area contributed by atoms with E-state index < -0.39 is 29.3 Å². The first-order valence-corrected chi connectivity index (χ1v) is 3.57. The molecule has 0 spiro atoms. The molecule has 1 aromatic rings. The van der Waals surface area contributed by atoms with Crippen molar-refractivity contribution < 1.29 is 30.7 Å². The predicted octanol–water partition coefficient (Wildman–Crippen LogP) is 3.86. The summed E-state index contributed by atoms with van der Waals surface area (Å²) in [5.74, 6) is -2.29. The number of hydrogen-bond donors (Lipinski definition) is 0. The van der Waals surface area contributed by atoms with E-state index in [1.807, 2.05) is 0 Å².